The van der Waals surface area contributed by atoms with Gasteiger partial charge in [0.1, 0.15) is 5.75 Å². The molecular formula is C19H33NO. The monoisotopic (exact) mass is 291 g/mol. The molecule has 0 amide bonds. The van der Waals surface area contributed by atoms with Crippen LogP contribution in [0.5, 0.6) is 5.75 Å². The van der Waals surface area contributed by atoms with E-state index in [4.69, 9.17) is 4.74 Å². The molecular weight excluding hydrogens is 258 g/mol. The molecule has 0 heterocycles. The van der Waals surface area contributed by atoms with Crippen LogP contribution in [0.2, 0.25) is 0 Å². The van der Waals surface area contributed by atoms with Gasteiger partial charge in [-0.25, -0.2) is 0 Å². The highest BCUT2D eigenvalue weighted by Crippen LogP contribution is 2.25. The lowest BCUT2D eigenvalue weighted by Crippen LogP contribution is -2.26. The van der Waals surface area contributed by atoms with E-state index < -0.39 is 0 Å². The lowest BCUT2D eigenvalue weighted by atomic mass is 9.88. The van der Waals surface area contributed by atoms with Crippen molar-refractivity contribution in [1.29, 1.82) is 0 Å². The Kier molecular flexibility index (Phi) is 9.16. The average Bonchev–Trinajstić information content (AvgIpc) is 2.48. The number of ether oxygens (including phenoxy) is 1. The van der Waals surface area contributed by atoms with Crippen LogP contribution >= 0.6 is 0 Å². The molecule has 0 bridgehead atoms. The van der Waals surface area contributed by atoms with E-state index in [0.717, 1.165) is 31.2 Å². The van der Waals surface area contributed by atoms with E-state index in [-0.39, 0.29) is 0 Å². The molecule has 21 heavy (non-hydrogen) atoms. The van der Waals surface area contributed by atoms with Crippen molar-refractivity contribution in [2.75, 3.05) is 20.2 Å². The third-order valence-corrected chi connectivity index (χ3v) is 4.08. The Hall–Kier alpha value is -1.02. The quantitative estimate of drug-likeness (QED) is 0.598. The van der Waals surface area contributed by atoms with E-state index >= 15 is 0 Å². The lowest BCUT2D eigenvalue weighted by molar-refractivity contribution is 0.347. The number of para-hydroxylation sites is 1. The van der Waals surface area contributed by atoms with Crippen molar-refractivity contribution in [1.82, 2.24) is 5.32 Å². The Morgan fingerprint density at radius 3 is 2.57 bits per heavy atom. The van der Waals surface area contributed by atoms with Crippen LogP contribution in [0.3, 0.4) is 0 Å². The molecule has 0 aliphatic carbocycles. The number of hydrogen-bond donors (Lipinski definition) is 1. The van der Waals surface area contributed by atoms with Crippen molar-refractivity contribution in [2.24, 2.45) is 11.8 Å². The van der Waals surface area contributed by atoms with Gasteiger partial charge < -0.3 is 10.1 Å². The number of methoxy groups -OCH3 is 1. The maximum Gasteiger partial charge on any atom is 0.122 e. The second-order valence-corrected chi connectivity index (χ2v) is 6.22. The zero-order valence-corrected chi connectivity index (χ0v) is 14.3. The summed E-state index contributed by atoms with van der Waals surface area (Å²) in [5.41, 5.74) is 1.34. The minimum absolute atomic E-state index is 0.689. The van der Waals surface area contributed by atoms with Gasteiger partial charge >= 0.3 is 0 Å². The standard InChI is InChI=1S/C19H33NO/c1-5-9-16(3)13-17(15-20-12-6-2)14-18-10-7-8-11-19(18)21-4/h7-8,10-11,16-17,20H,5-6,9,12-15H2,1-4H3. The molecule has 0 saturated carbocycles. The largest absolute Gasteiger partial charge is 0.496 e. The number of rotatable bonds is 11. The first kappa shape index (κ1) is 18.0. The van der Waals surface area contributed by atoms with Crippen molar-refractivity contribution in [3.05, 3.63) is 29.8 Å². The molecule has 0 radical (unpaired) electrons. The highest BCUT2D eigenvalue weighted by molar-refractivity contribution is 5.33. The summed E-state index contributed by atoms with van der Waals surface area (Å²) in [6, 6.07) is 8.44. The van der Waals surface area contributed by atoms with Gasteiger partial charge in [-0.15, -0.1) is 0 Å². The molecule has 1 rings (SSSR count). The number of benzene rings is 1. The molecule has 0 aliphatic rings. The van der Waals surface area contributed by atoms with Gasteiger partial charge in [-0.3, -0.25) is 0 Å². The maximum atomic E-state index is 5.50. The van der Waals surface area contributed by atoms with Crippen LogP contribution in [-0.2, 0) is 6.42 Å². The summed E-state index contributed by atoms with van der Waals surface area (Å²) in [5, 5.41) is 3.60. The van der Waals surface area contributed by atoms with E-state index in [1.807, 2.05) is 6.07 Å². The third kappa shape index (κ3) is 6.99. The zero-order chi connectivity index (χ0) is 15.5. The molecule has 0 saturated heterocycles. The fourth-order valence-corrected chi connectivity index (χ4v) is 3.08. The summed E-state index contributed by atoms with van der Waals surface area (Å²) in [5.74, 6) is 2.52. The summed E-state index contributed by atoms with van der Waals surface area (Å²) in [6.45, 7) is 9.12. The summed E-state index contributed by atoms with van der Waals surface area (Å²) in [7, 11) is 1.77. The minimum Gasteiger partial charge on any atom is -0.496 e. The van der Waals surface area contributed by atoms with E-state index in [1.165, 1.54) is 31.2 Å². The highest BCUT2D eigenvalue weighted by atomic mass is 16.5. The van der Waals surface area contributed by atoms with E-state index in [1.54, 1.807) is 7.11 Å². The van der Waals surface area contributed by atoms with Crippen LogP contribution in [0, 0.1) is 11.8 Å². The fourth-order valence-electron chi connectivity index (χ4n) is 3.08. The first-order valence-electron chi connectivity index (χ1n) is 8.53. The van der Waals surface area contributed by atoms with Gasteiger partial charge in [0, 0.05) is 0 Å². The molecule has 0 aromatic heterocycles. The van der Waals surface area contributed by atoms with E-state index in [9.17, 15) is 0 Å². The summed E-state index contributed by atoms with van der Waals surface area (Å²) < 4.78 is 5.50. The molecule has 2 nitrogen and oxygen atoms in total. The average molecular weight is 291 g/mol. The molecule has 1 aromatic carbocycles. The fraction of sp³-hybridized carbons (Fsp3) is 0.684. The molecule has 0 aliphatic heterocycles. The topological polar surface area (TPSA) is 21.3 Å². The molecule has 0 fully saturated rings. The second kappa shape index (κ2) is 10.7. The van der Waals surface area contributed by atoms with Gasteiger partial charge in [-0.05, 0) is 55.8 Å². The first-order chi connectivity index (χ1) is 10.2. The Bertz CT molecular complexity index is 378. The van der Waals surface area contributed by atoms with Crippen molar-refractivity contribution < 1.29 is 4.74 Å². The van der Waals surface area contributed by atoms with Gasteiger partial charge in [0.15, 0.2) is 0 Å². The molecule has 1 aromatic rings. The van der Waals surface area contributed by atoms with E-state index in [2.05, 4.69) is 44.3 Å². The minimum atomic E-state index is 0.689. The number of hydrogen-bond acceptors (Lipinski definition) is 2. The van der Waals surface area contributed by atoms with Crippen molar-refractivity contribution in [3.8, 4) is 5.75 Å². The van der Waals surface area contributed by atoms with Gasteiger partial charge in [0.25, 0.3) is 0 Å². The lowest BCUT2D eigenvalue weighted by Gasteiger charge is -2.22. The first-order valence-corrected chi connectivity index (χ1v) is 8.53. The Morgan fingerprint density at radius 1 is 1.14 bits per heavy atom. The Labute approximate surface area is 131 Å². The van der Waals surface area contributed by atoms with Gasteiger partial charge in [0.2, 0.25) is 0 Å². The summed E-state index contributed by atoms with van der Waals surface area (Å²) in [4.78, 5) is 0. The maximum absolute atomic E-state index is 5.50. The van der Waals surface area contributed by atoms with Crippen LogP contribution in [0.25, 0.3) is 0 Å². The predicted octanol–water partition coefficient (Wildman–Crippen LogP) is 4.68. The van der Waals surface area contributed by atoms with Crippen LogP contribution in [-0.4, -0.2) is 20.2 Å². The highest BCUT2D eigenvalue weighted by Gasteiger charge is 2.15. The Balaban J connectivity index is 2.65. The molecule has 2 unspecified atom stereocenters. The smallest absolute Gasteiger partial charge is 0.122 e. The molecule has 2 atom stereocenters. The normalized spacial score (nSPS) is 13.9. The van der Waals surface area contributed by atoms with Crippen molar-refractivity contribution in [2.45, 2.75) is 52.9 Å². The Morgan fingerprint density at radius 2 is 1.90 bits per heavy atom. The van der Waals surface area contributed by atoms with E-state index in [0.29, 0.717) is 5.92 Å². The van der Waals surface area contributed by atoms with Crippen molar-refractivity contribution >= 4 is 0 Å². The summed E-state index contributed by atoms with van der Waals surface area (Å²) >= 11 is 0. The van der Waals surface area contributed by atoms with Crippen LogP contribution in [0.15, 0.2) is 24.3 Å². The van der Waals surface area contributed by atoms with Crippen LogP contribution < -0.4 is 10.1 Å². The van der Waals surface area contributed by atoms with Crippen LogP contribution in [0.4, 0.5) is 0 Å². The molecule has 120 valence electrons. The molecule has 1 N–H and O–H groups in total. The molecule has 0 spiro atoms. The predicted molar refractivity (Wildman–Crippen MR) is 92.0 cm³/mol. The zero-order valence-electron chi connectivity index (χ0n) is 14.3. The van der Waals surface area contributed by atoms with Crippen LogP contribution in [0.1, 0.15) is 52.0 Å². The summed E-state index contributed by atoms with van der Waals surface area (Å²) in [6.07, 6.45) is 6.21. The molecule has 2 heteroatoms. The third-order valence-electron chi connectivity index (χ3n) is 4.08. The van der Waals surface area contributed by atoms with Gasteiger partial charge in [0.05, 0.1) is 7.11 Å². The van der Waals surface area contributed by atoms with Gasteiger partial charge in [-0.2, -0.15) is 0 Å². The van der Waals surface area contributed by atoms with Gasteiger partial charge in [-0.1, -0.05) is 51.8 Å². The van der Waals surface area contributed by atoms with Crippen molar-refractivity contribution in [3.63, 3.8) is 0 Å². The SMILES string of the molecule is CCCNCC(Cc1ccccc1OC)CC(C)CCC. The number of nitrogens with one attached hydrogen (secondary N) is 1. The second-order valence-electron chi connectivity index (χ2n) is 6.22.